The Morgan fingerprint density at radius 1 is 1.38 bits per heavy atom. The number of hydrogen-bond donors (Lipinski definition) is 1. The zero-order valence-corrected chi connectivity index (χ0v) is 14.2. The van der Waals surface area contributed by atoms with Crippen molar-refractivity contribution >= 4 is 5.69 Å². The molecule has 0 bridgehead atoms. The maximum atomic E-state index is 5.88. The number of unbranched alkanes of at least 4 members (excludes halogenated alkanes) is 1. The van der Waals surface area contributed by atoms with Gasteiger partial charge >= 0.3 is 0 Å². The molecule has 2 rings (SSSR count). The maximum absolute atomic E-state index is 5.88. The number of fused-ring (bicyclic) bond motifs is 1. The highest BCUT2D eigenvalue weighted by Crippen LogP contribution is 2.45. The van der Waals surface area contributed by atoms with Crippen LogP contribution in [0.1, 0.15) is 64.0 Å². The Labute approximate surface area is 129 Å². The van der Waals surface area contributed by atoms with Gasteiger partial charge in [0, 0.05) is 35.9 Å². The van der Waals surface area contributed by atoms with E-state index < -0.39 is 0 Å². The van der Waals surface area contributed by atoms with Crippen LogP contribution in [-0.2, 0) is 6.54 Å². The summed E-state index contributed by atoms with van der Waals surface area (Å²) in [6.45, 7) is 10.9. The van der Waals surface area contributed by atoms with Crippen LogP contribution in [0.15, 0.2) is 12.1 Å². The Kier molecular flexibility index (Phi) is 4.82. The van der Waals surface area contributed by atoms with Crippen molar-refractivity contribution in [3.05, 3.63) is 23.3 Å². The van der Waals surface area contributed by atoms with Crippen LogP contribution in [0.3, 0.4) is 0 Å². The van der Waals surface area contributed by atoms with E-state index >= 15 is 0 Å². The van der Waals surface area contributed by atoms with Gasteiger partial charge in [0.2, 0.25) is 0 Å². The van der Waals surface area contributed by atoms with Crippen LogP contribution in [0.25, 0.3) is 0 Å². The molecule has 0 saturated heterocycles. The van der Waals surface area contributed by atoms with Gasteiger partial charge in [0.1, 0.15) is 5.75 Å². The van der Waals surface area contributed by atoms with Crippen molar-refractivity contribution in [1.82, 2.24) is 0 Å². The third-order valence-electron chi connectivity index (χ3n) is 4.74. The Morgan fingerprint density at radius 2 is 2.10 bits per heavy atom. The van der Waals surface area contributed by atoms with Crippen LogP contribution >= 0.6 is 0 Å². The van der Waals surface area contributed by atoms with Gasteiger partial charge in [-0.25, -0.2) is 0 Å². The molecule has 0 fully saturated rings. The van der Waals surface area contributed by atoms with Crippen molar-refractivity contribution in [1.29, 1.82) is 0 Å². The van der Waals surface area contributed by atoms with E-state index in [4.69, 9.17) is 10.5 Å². The molecule has 1 aromatic carbocycles. The predicted molar refractivity (Wildman–Crippen MR) is 90.3 cm³/mol. The number of nitrogens with zero attached hydrogens (tertiary/aromatic N) is 1. The summed E-state index contributed by atoms with van der Waals surface area (Å²) in [5.41, 5.74) is 9.94. The summed E-state index contributed by atoms with van der Waals surface area (Å²) in [6, 6.07) is 4.46. The van der Waals surface area contributed by atoms with Crippen molar-refractivity contribution in [2.75, 3.05) is 18.6 Å². The van der Waals surface area contributed by atoms with Crippen LogP contribution in [0.4, 0.5) is 5.69 Å². The SMILES string of the molecule is CCCCN1c2cc(OC)c(CN)cc2[C@H](C)CC1(C)C. The smallest absolute Gasteiger partial charge is 0.125 e. The summed E-state index contributed by atoms with van der Waals surface area (Å²) in [6.07, 6.45) is 3.62. The van der Waals surface area contributed by atoms with Crippen molar-refractivity contribution in [3.8, 4) is 5.75 Å². The first-order chi connectivity index (χ1) is 9.94. The summed E-state index contributed by atoms with van der Waals surface area (Å²) >= 11 is 0. The van der Waals surface area contributed by atoms with Crippen molar-refractivity contribution in [2.45, 2.75) is 65.0 Å². The molecule has 0 aliphatic carbocycles. The minimum atomic E-state index is 0.191. The Morgan fingerprint density at radius 3 is 2.67 bits per heavy atom. The zero-order chi connectivity index (χ0) is 15.6. The van der Waals surface area contributed by atoms with E-state index in [1.807, 2.05) is 0 Å². The average molecular weight is 290 g/mol. The molecular formula is C18H30N2O. The number of ether oxygens (including phenoxy) is 1. The lowest BCUT2D eigenvalue weighted by molar-refractivity contribution is 0.370. The van der Waals surface area contributed by atoms with Crippen LogP contribution in [0.2, 0.25) is 0 Å². The van der Waals surface area contributed by atoms with E-state index in [1.165, 1.54) is 30.5 Å². The largest absolute Gasteiger partial charge is 0.496 e. The molecular weight excluding hydrogens is 260 g/mol. The van der Waals surface area contributed by atoms with Crippen LogP contribution in [-0.4, -0.2) is 19.2 Å². The highest BCUT2D eigenvalue weighted by atomic mass is 16.5. The number of hydrogen-bond acceptors (Lipinski definition) is 3. The highest BCUT2D eigenvalue weighted by molar-refractivity contribution is 5.64. The zero-order valence-electron chi connectivity index (χ0n) is 14.2. The fourth-order valence-electron chi connectivity index (χ4n) is 3.65. The fraction of sp³-hybridized carbons (Fsp3) is 0.667. The van der Waals surface area contributed by atoms with Gasteiger partial charge in [-0.3, -0.25) is 0 Å². The molecule has 0 unspecified atom stereocenters. The standard InChI is InChI=1S/C18H30N2O/c1-6-7-8-20-16-10-17(21-5)14(12-19)9-15(16)13(2)11-18(20,3)4/h9-10,13H,6-8,11-12,19H2,1-5H3/t13-/m1/s1. The topological polar surface area (TPSA) is 38.5 Å². The van der Waals surface area contributed by atoms with Crippen molar-refractivity contribution in [2.24, 2.45) is 5.73 Å². The first-order valence-corrected chi connectivity index (χ1v) is 8.13. The molecule has 1 aliphatic rings. The van der Waals surface area contributed by atoms with Crippen LogP contribution in [0.5, 0.6) is 5.75 Å². The molecule has 21 heavy (non-hydrogen) atoms. The second-order valence-corrected chi connectivity index (χ2v) is 6.85. The fourth-order valence-corrected chi connectivity index (χ4v) is 3.65. The first-order valence-electron chi connectivity index (χ1n) is 8.13. The van der Waals surface area contributed by atoms with Gasteiger partial charge in [-0.05, 0) is 44.2 Å². The lowest BCUT2D eigenvalue weighted by Gasteiger charge is -2.48. The van der Waals surface area contributed by atoms with Gasteiger partial charge < -0.3 is 15.4 Å². The first kappa shape index (κ1) is 16.2. The molecule has 1 atom stereocenters. The Balaban J connectivity index is 2.52. The number of benzene rings is 1. The van der Waals surface area contributed by atoms with Gasteiger partial charge in [-0.1, -0.05) is 20.3 Å². The molecule has 1 heterocycles. The molecule has 0 saturated carbocycles. The maximum Gasteiger partial charge on any atom is 0.125 e. The predicted octanol–water partition coefficient (Wildman–Crippen LogP) is 4.05. The van der Waals surface area contributed by atoms with E-state index in [9.17, 15) is 0 Å². The summed E-state index contributed by atoms with van der Waals surface area (Å²) < 4.78 is 5.55. The molecule has 0 radical (unpaired) electrons. The normalized spacial score (nSPS) is 20.3. The Hall–Kier alpha value is -1.22. The van der Waals surface area contributed by atoms with Gasteiger partial charge in [-0.2, -0.15) is 0 Å². The van der Waals surface area contributed by atoms with E-state index in [-0.39, 0.29) is 5.54 Å². The summed E-state index contributed by atoms with van der Waals surface area (Å²) in [5, 5.41) is 0. The van der Waals surface area contributed by atoms with E-state index in [2.05, 4.69) is 44.7 Å². The monoisotopic (exact) mass is 290 g/mol. The van der Waals surface area contributed by atoms with E-state index in [0.717, 1.165) is 17.9 Å². The molecule has 1 aliphatic heterocycles. The molecule has 0 aromatic heterocycles. The number of rotatable bonds is 5. The number of anilines is 1. The van der Waals surface area contributed by atoms with Gasteiger partial charge in [0.15, 0.2) is 0 Å². The molecule has 0 amide bonds. The molecule has 3 nitrogen and oxygen atoms in total. The van der Waals surface area contributed by atoms with Gasteiger partial charge in [-0.15, -0.1) is 0 Å². The van der Waals surface area contributed by atoms with Crippen molar-refractivity contribution in [3.63, 3.8) is 0 Å². The minimum absolute atomic E-state index is 0.191. The number of methoxy groups -OCH3 is 1. The highest BCUT2D eigenvalue weighted by Gasteiger charge is 2.36. The summed E-state index contributed by atoms with van der Waals surface area (Å²) in [7, 11) is 1.73. The molecule has 3 heteroatoms. The van der Waals surface area contributed by atoms with E-state index in [0.29, 0.717) is 12.5 Å². The third kappa shape index (κ3) is 3.03. The molecule has 1 aromatic rings. The minimum Gasteiger partial charge on any atom is -0.496 e. The third-order valence-corrected chi connectivity index (χ3v) is 4.74. The Bertz CT molecular complexity index is 496. The molecule has 2 N–H and O–H groups in total. The van der Waals surface area contributed by atoms with Gasteiger partial charge in [0.05, 0.1) is 7.11 Å². The lowest BCUT2D eigenvalue weighted by atomic mass is 9.79. The van der Waals surface area contributed by atoms with Crippen LogP contribution in [0, 0.1) is 0 Å². The second kappa shape index (κ2) is 6.27. The quantitative estimate of drug-likeness (QED) is 0.889. The van der Waals surface area contributed by atoms with Crippen LogP contribution < -0.4 is 15.4 Å². The van der Waals surface area contributed by atoms with E-state index in [1.54, 1.807) is 7.11 Å². The average Bonchev–Trinajstić information content (AvgIpc) is 2.45. The summed E-state index contributed by atoms with van der Waals surface area (Å²) in [4.78, 5) is 2.56. The second-order valence-electron chi connectivity index (χ2n) is 6.85. The summed E-state index contributed by atoms with van der Waals surface area (Å²) in [5.74, 6) is 1.48. The molecule has 0 spiro atoms. The lowest BCUT2D eigenvalue weighted by Crippen LogP contribution is -2.48. The van der Waals surface area contributed by atoms with Crippen molar-refractivity contribution < 1.29 is 4.74 Å². The molecule has 118 valence electrons. The van der Waals surface area contributed by atoms with Gasteiger partial charge in [0.25, 0.3) is 0 Å². The number of nitrogens with two attached hydrogens (primary N) is 1.